The highest BCUT2D eigenvalue weighted by molar-refractivity contribution is 7.15. The Morgan fingerprint density at radius 3 is 2.69 bits per heavy atom. The largest absolute Gasteiger partial charge is 0.497 e. The Kier molecular flexibility index (Phi) is 6.64. The number of methoxy groups -OCH3 is 1. The average molecular weight is 409 g/mol. The van der Waals surface area contributed by atoms with E-state index in [9.17, 15) is 9.59 Å². The number of hydrogen-bond donors (Lipinski definition) is 2. The number of aromatic nitrogens is 2. The van der Waals surface area contributed by atoms with Crippen LogP contribution in [0.4, 0.5) is 5.13 Å². The van der Waals surface area contributed by atoms with Crippen LogP contribution in [-0.2, 0) is 11.2 Å². The van der Waals surface area contributed by atoms with Gasteiger partial charge < -0.3 is 4.74 Å². The first-order valence-electron chi connectivity index (χ1n) is 8.70. The Balaban J connectivity index is 1.50. The third-order valence-electron chi connectivity index (χ3n) is 3.80. The summed E-state index contributed by atoms with van der Waals surface area (Å²) in [6.07, 6.45) is 1.54. The number of nitrogens with zero attached hydrogens (tertiary/aromatic N) is 3. The van der Waals surface area contributed by atoms with Gasteiger partial charge in [0.2, 0.25) is 11.0 Å². The molecule has 0 atom stereocenters. The van der Waals surface area contributed by atoms with Crippen molar-refractivity contribution < 1.29 is 14.3 Å². The lowest BCUT2D eigenvalue weighted by molar-refractivity contribution is -0.120. The molecule has 0 aliphatic carbocycles. The summed E-state index contributed by atoms with van der Waals surface area (Å²) in [5.74, 6) is 0.139. The van der Waals surface area contributed by atoms with Gasteiger partial charge in [-0.05, 0) is 48.9 Å². The van der Waals surface area contributed by atoms with E-state index in [2.05, 4.69) is 26.0 Å². The standard InChI is InChI=1S/C20H19N5O3S/c1-13-4-3-5-15(10-13)19(27)22-20-25-24-18(29-20)11-17(26)23-21-12-14-6-8-16(28-2)9-7-14/h3-10,12H,11H2,1-2H3,(H,23,26)(H,22,25,27). The van der Waals surface area contributed by atoms with E-state index in [0.29, 0.717) is 15.7 Å². The second-order valence-corrected chi connectivity index (χ2v) is 7.13. The number of anilines is 1. The molecule has 2 N–H and O–H groups in total. The Labute approximate surface area is 171 Å². The fourth-order valence-corrected chi connectivity index (χ4v) is 3.11. The van der Waals surface area contributed by atoms with E-state index in [0.717, 1.165) is 28.2 Å². The zero-order valence-corrected chi connectivity index (χ0v) is 16.7. The van der Waals surface area contributed by atoms with Crippen molar-refractivity contribution >= 4 is 34.5 Å². The van der Waals surface area contributed by atoms with Crippen LogP contribution in [0.15, 0.2) is 53.6 Å². The molecule has 8 nitrogen and oxygen atoms in total. The maximum Gasteiger partial charge on any atom is 0.257 e. The molecule has 0 unspecified atom stereocenters. The van der Waals surface area contributed by atoms with Gasteiger partial charge in [0.05, 0.1) is 19.7 Å². The Hall–Kier alpha value is -3.59. The first-order valence-corrected chi connectivity index (χ1v) is 9.51. The van der Waals surface area contributed by atoms with Crippen molar-refractivity contribution in [3.63, 3.8) is 0 Å². The number of rotatable bonds is 7. The van der Waals surface area contributed by atoms with Crippen LogP contribution in [0.1, 0.15) is 26.5 Å². The summed E-state index contributed by atoms with van der Waals surface area (Å²) in [5.41, 5.74) is 4.79. The van der Waals surface area contributed by atoms with Crippen LogP contribution in [0.2, 0.25) is 0 Å². The zero-order chi connectivity index (χ0) is 20.6. The lowest BCUT2D eigenvalue weighted by Gasteiger charge is -2.01. The lowest BCUT2D eigenvalue weighted by atomic mass is 10.1. The number of hydrazone groups is 1. The van der Waals surface area contributed by atoms with E-state index < -0.39 is 0 Å². The van der Waals surface area contributed by atoms with E-state index in [1.165, 1.54) is 6.21 Å². The van der Waals surface area contributed by atoms with Crippen LogP contribution in [-0.4, -0.2) is 35.3 Å². The SMILES string of the molecule is COc1ccc(C=NNC(=O)Cc2nnc(NC(=O)c3cccc(C)c3)s2)cc1. The molecule has 0 fully saturated rings. The Morgan fingerprint density at radius 1 is 1.17 bits per heavy atom. The summed E-state index contributed by atoms with van der Waals surface area (Å²) in [6.45, 7) is 1.91. The quantitative estimate of drug-likeness (QED) is 0.461. The second-order valence-electron chi connectivity index (χ2n) is 6.07. The number of aryl methyl sites for hydroxylation is 1. The van der Waals surface area contributed by atoms with Gasteiger partial charge in [-0.25, -0.2) is 5.43 Å². The summed E-state index contributed by atoms with van der Waals surface area (Å²) in [6, 6.07) is 14.5. The predicted molar refractivity (Wildman–Crippen MR) is 111 cm³/mol. The summed E-state index contributed by atoms with van der Waals surface area (Å²) < 4.78 is 5.08. The van der Waals surface area contributed by atoms with Crippen LogP contribution < -0.4 is 15.5 Å². The van der Waals surface area contributed by atoms with Crippen molar-refractivity contribution in [2.24, 2.45) is 5.10 Å². The van der Waals surface area contributed by atoms with Gasteiger partial charge in [0.1, 0.15) is 10.8 Å². The van der Waals surface area contributed by atoms with Crippen molar-refractivity contribution in [1.29, 1.82) is 0 Å². The molecule has 1 heterocycles. The van der Waals surface area contributed by atoms with Crippen molar-refractivity contribution in [2.75, 3.05) is 12.4 Å². The Morgan fingerprint density at radius 2 is 1.97 bits per heavy atom. The predicted octanol–water partition coefficient (Wildman–Crippen LogP) is 2.80. The molecule has 0 saturated carbocycles. The van der Waals surface area contributed by atoms with Crippen molar-refractivity contribution in [3.8, 4) is 5.75 Å². The van der Waals surface area contributed by atoms with Gasteiger partial charge in [0.25, 0.3) is 5.91 Å². The topological polar surface area (TPSA) is 106 Å². The number of carbonyl (C=O) groups is 2. The molecule has 0 aliphatic heterocycles. The van der Waals surface area contributed by atoms with E-state index in [-0.39, 0.29) is 18.2 Å². The summed E-state index contributed by atoms with van der Waals surface area (Å²) in [7, 11) is 1.59. The minimum Gasteiger partial charge on any atom is -0.497 e. The number of benzene rings is 2. The number of amides is 2. The van der Waals surface area contributed by atoms with Crippen LogP contribution >= 0.6 is 11.3 Å². The molecule has 1 aromatic heterocycles. The number of hydrogen-bond acceptors (Lipinski definition) is 7. The molecule has 3 aromatic rings. The fourth-order valence-electron chi connectivity index (χ4n) is 2.38. The van der Waals surface area contributed by atoms with E-state index >= 15 is 0 Å². The molecule has 148 valence electrons. The minimum absolute atomic E-state index is 0.0118. The molecule has 0 saturated heterocycles. The summed E-state index contributed by atoms with van der Waals surface area (Å²) in [5, 5.41) is 15.3. The molecular weight excluding hydrogens is 390 g/mol. The van der Waals surface area contributed by atoms with Gasteiger partial charge in [-0.1, -0.05) is 29.0 Å². The van der Waals surface area contributed by atoms with Gasteiger partial charge in [0, 0.05) is 5.56 Å². The van der Waals surface area contributed by atoms with Gasteiger partial charge in [-0.15, -0.1) is 10.2 Å². The molecule has 3 rings (SSSR count). The monoisotopic (exact) mass is 409 g/mol. The average Bonchev–Trinajstić information content (AvgIpc) is 3.15. The number of ether oxygens (including phenoxy) is 1. The summed E-state index contributed by atoms with van der Waals surface area (Å²) in [4.78, 5) is 24.2. The minimum atomic E-state index is -0.331. The molecule has 0 radical (unpaired) electrons. The maximum absolute atomic E-state index is 12.2. The number of carbonyl (C=O) groups excluding carboxylic acids is 2. The van der Waals surface area contributed by atoms with Gasteiger partial charge in [-0.2, -0.15) is 5.10 Å². The van der Waals surface area contributed by atoms with Crippen molar-refractivity contribution in [1.82, 2.24) is 15.6 Å². The van der Waals surface area contributed by atoms with Crippen LogP contribution in [0.5, 0.6) is 5.75 Å². The van der Waals surface area contributed by atoms with Crippen LogP contribution in [0, 0.1) is 6.92 Å². The van der Waals surface area contributed by atoms with E-state index in [1.54, 1.807) is 31.4 Å². The highest BCUT2D eigenvalue weighted by Gasteiger charge is 2.12. The smallest absolute Gasteiger partial charge is 0.257 e. The first kappa shape index (κ1) is 20.2. The zero-order valence-electron chi connectivity index (χ0n) is 15.9. The Bertz CT molecular complexity index is 1030. The molecule has 9 heteroatoms. The molecular formula is C20H19N5O3S. The fraction of sp³-hybridized carbons (Fsp3) is 0.150. The molecule has 0 aliphatic rings. The first-order chi connectivity index (χ1) is 14.0. The van der Waals surface area contributed by atoms with Gasteiger partial charge in [-0.3, -0.25) is 14.9 Å². The van der Waals surface area contributed by atoms with Gasteiger partial charge >= 0.3 is 0 Å². The number of nitrogens with one attached hydrogen (secondary N) is 2. The van der Waals surface area contributed by atoms with Crippen molar-refractivity contribution in [3.05, 3.63) is 70.2 Å². The van der Waals surface area contributed by atoms with E-state index in [4.69, 9.17) is 4.74 Å². The van der Waals surface area contributed by atoms with Gasteiger partial charge in [0.15, 0.2) is 0 Å². The molecule has 2 amide bonds. The molecule has 29 heavy (non-hydrogen) atoms. The van der Waals surface area contributed by atoms with Crippen molar-refractivity contribution in [2.45, 2.75) is 13.3 Å². The third kappa shape index (κ3) is 5.94. The molecule has 2 aromatic carbocycles. The molecule has 0 spiro atoms. The van der Waals surface area contributed by atoms with Crippen LogP contribution in [0.25, 0.3) is 0 Å². The van der Waals surface area contributed by atoms with E-state index in [1.807, 2.05) is 31.2 Å². The maximum atomic E-state index is 12.2. The highest BCUT2D eigenvalue weighted by atomic mass is 32.1. The van der Waals surface area contributed by atoms with Crippen LogP contribution in [0.3, 0.4) is 0 Å². The lowest BCUT2D eigenvalue weighted by Crippen LogP contribution is -2.19. The summed E-state index contributed by atoms with van der Waals surface area (Å²) >= 11 is 1.14. The third-order valence-corrected chi connectivity index (χ3v) is 4.64. The second kappa shape index (κ2) is 9.56. The highest BCUT2D eigenvalue weighted by Crippen LogP contribution is 2.17. The normalized spacial score (nSPS) is 10.7. The molecule has 0 bridgehead atoms.